The second-order valence-corrected chi connectivity index (χ2v) is 10.8. The fourth-order valence-electron chi connectivity index (χ4n) is 4.55. The number of nitrogens with zero attached hydrogens (tertiary/aromatic N) is 1. The summed E-state index contributed by atoms with van der Waals surface area (Å²) in [7, 11) is 0. The number of amides is 7. The van der Waals surface area contributed by atoms with Gasteiger partial charge in [-0.05, 0) is 19.4 Å². The molecule has 0 spiro atoms. The number of hydrogen-bond acceptors (Lipinski definition) is 15. The average molecular weight is 672 g/mol. The second kappa shape index (κ2) is 19.1. The minimum atomic E-state index is -1.66. The Labute approximate surface area is 269 Å². The SMILES string of the molecule is NCCCC(N)CC(=O)NC1CNC(=O)C(C2CC(O)N=C(N)N2)NC/C(=C/NC(N)=O)NC(=O)C(CO)NC(=O)C(CO)NC1=O. The van der Waals surface area contributed by atoms with Crippen molar-refractivity contribution < 1.29 is 44.1 Å². The Morgan fingerprint density at radius 2 is 1.68 bits per heavy atom. The van der Waals surface area contributed by atoms with Crippen LogP contribution in [0.2, 0.25) is 0 Å². The van der Waals surface area contributed by atoms with Gasteiger partial charge in [-0.3, -0.25) is 29.3 Å². The van der Waals surface area contributed by atoms with E-state index in [1.165, 1.54) is 0 Å². The largest absolute Gasteiger partial charge is 0.394 e. The summed E-state index contributed by atoms with van der Waals surface area (Å²) in [6, 6.07) is -8.53. The van der Waals surface area contributed by atoms with E-state index in [2.05, 4.69) is 47.5 Å². The summed E-state index contributed by atoms with van der Waals surface area (Å²) >= 11 is 0. The topological polar surface area (TPSA) is 376 Å². The molecule has 22 heteroatoms. The van der Waals surface area contributed by atoms with Gasteiger partial charge in [0.1, 0.15) is 24.2 Å². The summed E-state index contributed by atoms with van der Waals surface area (Å²) in [6.07, 6.45) is 0.381. The molecule has 19 N–H and O–H groups in total. The van der Waals surface area contributed by atoms with Crippen LogP contribution in [0.5, 0.6) is 0 Å². The van der Waals surface area contributed by atoms with Crippen molar-refractivity contribution in [3.05, 3.63) is 11.9 Å². The highest BCUT2D eigenvalue weighted by Gasteiger charge is 2.35. The van der Waals surface area contributed by atoms with E-state index < -0.39 is 97.8 Å². The van der Waals surface area contributed by atoms with Crippen LogP contribution in [0.25, 0.3) is 0 Å². The molecule has 7 atom stereocenters. The molecule has 0 saturated carbocycles. The van der Waals surface area contributed by atoms with E-state index in [4.69, 9.17) is 22.9 Å². The van der Waals surface area contributed by atoms with E-state index in [0.29, 0.717) is 19.4 Å². The van der Waals surface area contributed by atoms with Crippen molar-refractivity contribution in [2.24, 2.45) is 27.9 Å². The number of aliphatic hydroxyl groups excluding tert-OH is 3. The maximum Gasteiger partial charge on any atom is 0.316 e. The van der Waals surface area contributed by atoms with Gasteiger partial charge in [0.05, 0.1) is 19.3 Å². The molecule has 2 rings (SSSR count). The van der Waals surface area contributed by atoms with Gasteiger partial charge in [-0.15, -0.1) is 0 Å². The lowest BCUT2D eigenvalue weighted by atomic mass is 10.0. The van der Waals surface area contributed by atoms with Gasteiger partial charge in [-0.1, -0.05) is 0 Å². The predicted molar refractivity (Wildman–Crippen MR) is 164 cm³/mol. The van der Waals surface area contributed by atoms with Gasteiger partial charge in [-0.25, -0.2) is 9.79 Å². The van der Waals surface area contributed by atoms with E-state index >= 15 is 0 Å². The Hall–Kier alpha value is -4.61. The monoisotopic (exact) mass is 671 g/mol. The quantitative estimate of drug-likeness (QED) is 0.103. The summed E-state index contributed by atoms with van der Waals surface area (Å²) in [5.74, 6) is -4.67. The molecule has 0 bridgehead atoms. The molecule has 2 heterocycles. The molecule has 1 fully saturated rings. The Balaban J connectivity index is 2.47. The minimum absolute atomic E-state index is 0.0903. The van der Waals surface area contributed by atoms with E-state index in [-0.39, 0.29) is 31.0 Å². The number of carbonyl (C=O) groups is 6. The Bertz CT molecular complexity index is 1200. The summed E-state index contributed by atoms with van der Waals surface area (Å²) in [5, 5.41) is 49.4. The lowest BCUT2D eigenvalue weighted by Gasteiger charge is -2.33. The molecular weight excluding hydrogens is 626 g/mol. The zero-order valence-corrected chi connectivity index (χ0v) is 25.5. The molecule has 7 unspecified atom stereocenters. The van der Waals surface area contributed by atoms with Crippen LogP contribution in [0.4, 0.5) is 4.79 Å². The Kier molecular flexibility index (Phi) is 15.7. The number of primary amides is 1. The lowest BCUT2D eigenvalue weighted by molar-refractivity contribution is -0.135. The number of guanidine groups is 1. The van der Waals surface area contributed by atoms with E-state index in [1.807, 2.05) is 0 Å². The third kappa shape index (κ3) is 13.0. The number of aliphatic hydroxyl groups is 3. The first-order valence-corrected chi connectivity index (χ1v) is 14.7. The number of aliphatic imine (C=N–C) groups is 1. The molecular formula is C25H45N13O9. The fraction of sp³-hybridized carbons (Fsp3) is 0.640. The van der Waals surface area contributed by atoms with Crippen molar-refractivity contribution >= 4 is 41.5 Å². The number of urea groups is 1. The van der Waals surface area contributed by atoms with E-state index in [0.717, 1.165) is 6.20 Å². The fourth-order valence-corrected chi connectivity index (χ4v) is 4.55. The van der Waals surface area contributed by atoms with Crippen molar-refractivity contribution in [1.29, 1.82) is 0 Å². The zero-order valence-electron chi connectivity index (χ0n) is 25.5. The smallest absolute Gasteiger partial charge is 0.316 e. The van der Waals surface area contributed by atoms with E-state index in [9.17, 15) is 44.1 Å². The van der Waals surface area contributed by atoms with Gasteiger partial charge < -0.3 is 75.5 Å². The zero-order chi connectivity index (χ0) is 35.1. The van der Waals surface area contributed by atoms with Crippen molar-refractivity contribution in [2.45, 2.75) is 68.2 Å². The molecule has 264 valence electrons. The summed E-state index contributed by atoms with van der Waals surface area (Å²) in [5.41, 5.74) is 22.3. The van der Waals surface area contributed by atoms with Gasteiger partial charge >= 0.3 is 6.03 Å². The summed E-state index contributed by atoms with van der Waals surface area (Å²) in [4.78, 5) is 80.7. The van der Waals surface area contributed by atoms with E-state index in [1.54, 1.807) is 0 Å². The second-order valence-electron chi connectivity index (χ2n) is 10.8. The molecule has 47 heavy (non-hydrogen) atoms. The molecule has 1 saturated heterocycles. The normalized spacial score (nSPS) is 28.0. The lowest BCUT2D eigenvalue weighted by Crippen LogP contribution is -2.64. The molecule has 2 aliphatic rings. The molecule has 0 aromatic carbocycles. The van der Waals surface area contributed by atoms with Crippen molar-refractivity contribution in [3.8, 4) is 0 Å². The number of rotatable bonds is 10. The maximum atomic E-state index is 13.6. The molecule has 0 radical (unpaired) electrons. The predicted octanol–water partition coefficient (Wildman–Crippen LogP) is -8.41. The Morgan fingerprint density at radius 3 is 2.30 bits per heavy atom. The van der Waals surface area contributed by atoms with Crippen LogP contribution in [-0.4, -0.2) is 132 Å². The van der Waals surface area contributed by atoms with Crippen molar-refractivity contribution in [2.75, 3.05) is 32.8 Å². The highest BCUT2D eigenvalue weighted by Crippen LogP contribution is 2.10. The molecule has 0 aromatic heterocycles. The first kappa shape index (κ1) is 38.6. The average Bonchev–Trinajstić information content (AvgIpc) is 3.00. The van der Waals surface area contributed by atoms with Crippen LogP contribution < -0.4 is 65.5 Å². The first-order chi connectivity index (χ1) is 22.3. The van der Waals surface area contributed by atoms with Crippen LogP contribution in [0, 0.1) is 0 Å². The molecule has 7 amide bonds. The standard InChI is InChI=1S/C25H45N13O9/c26-3-1-2-11(27)4-17(41)34-14-8-31-23(46)19(13-5-18(42)38-24(28)37-13)30-6-12(7-32-25(29)47)33-21(44)15(9-39)36-22(45)16(10-40)35-20(14)43/h7,11,13-16,18-19,30,39-40,42H,1-6,8-10,26-27H2,(H,31,46)(H,33,44)(H,34,41)(H,35,43)(H,36,45)(H3,28,37,38)(H3,29,32,47)/b12-7-. The van der Waals surface area contributed by atoms with Crippen LogP contribution in [0.15, 0.2) is 16.9 Å². The molecule has 22 nitrogen and oxygen atoms in total. The number of carbonyl (C=O) groups excluding carboxylic acids is 6. The van der Waals surface area contributed by atoms with Gasteiger partial charge in [0, 0.05) is 43.9 Å². The highest BCUT2D eigenvalue weighted by atomic mass is 16.3. The number of nitrogens with one attached hydrogen (secondary N) is 8. The van der Waals surface area contributed by atoms with Gasteiger partial charge in [-0.2, -0.15) is 0 Å². The van der Waals surface area contributed by atoms with Crippen LogP contribution in [0.3, 0.4) is 0 Å². The van der Waals surface area contributed by atoms with Crippen molar-refractivity contribution in [3.63, 3.8) is 0 Å². The summed E-state index contributed by atoms with van der Waals surface area (Å²) < 4.78 is 0. The van der Waals surface area contributed by atoms with Crippen LogP contribution >= 0.6 is 0 Å². The van der Waals surface area contributed by atoms with Gasteiger partial charge in [0.15, 0.2) is 12.2 Å². The van der Waals surface area contributed by atoms with Crippen LogP contribution in [0.1, 0.15) is 25.7 Å². The van der Waals surface area contributed by atoms with Crippen LogP contribution in [-0.2, 0) is 24.0 Å². The third-order valence-electron chi connectivity index (χ3n) is 6.95. The number of hydrogen-bond donors (Lipinski definition) is 15. The summed E-state index contributed by atoms with van der Waals surface area (Å²) in [6.45, 7) is -2.40. The van der Waals surface area contributed by atoms with Gasteiger partial charge in [0.25, 0.3) is 0 Å². The maximum absolute atomic E-state index is 13.6. The first-order valence-electron chi connectivity index (χ1n) is 14.7. The third-order valence-corrected chi connectivity index (χ3v) is 6.95. The minimum Gasteiger partial charge on any atom is -0.394 e. The number of nitrogens with two attached hydrogens (primary N) is 4. The Morgan fingerprint density at radius 1 is 1.02 bits per heavy atom. The molecule has 0 aliphatic carbocycles. The highest BCUT2D eigenvalue weighted by molar-refractivity contribution is 5.95. The van der Waals surface area contributed by atoms with Gasteiger partial charge in [0.2, 0.25) is 29.5 Å². The van der Waals surface area contributed by atoms with Crippen molar-refractivity contribution in [1.82, 2.24) is 42.5 Å². The molecule has 0 aromatic rings. The molecule has 2 aliphatic heterocycles.